The van der Waals surface area contributed by atoms with Gasteiger partial charge in [-0.25, -0.2) is 4.98 Å². The largest absolute Gasteiger partial charge is 0.476 e. The summed E-state index contributed by atoms with van der Waals surface area (Å²) in [5.74, 6) is 0.580. The molecule has 0 bridgehead atoms. The molecule has 0 atom stereocenters. The molecule has 4 heteroatoms. The van der Waals surface area contributed by atoms with Gasteiger partial charge in [0.1, 0.15) is 6.61 Å². The lowest BCUT2D eigenvalue weighted by Gasteiger charge is -2.32. The van der Waals surface area contributed by atoms with Crippen LogP contribution in [0.4, 0.5) is 0 Å². The Labute approximate surface area is 122 Å². The maximum absolute atomic E-state index is 9.38. The number of pyridine rings is 1. The maximum Gasteiger partial charge on any atom is 0.213 e. The highest BCUT2D eigenvalue weighted by Gasteiger charge is 2.23. The van der Waals surface area contributed by atoms with E-state index in [0.29, 0.717) is 12.5 Å². The highest BCUT2D eigenvalue weighted by atomic mass is 16.5. The lowest BCUT2D eigenvalue weighted by Crippen LogP contribution is -2.43. The van der Waals surface area contributed by atoms with Crippen LogP contribution in [0, 0.1) is 0 Å². The number of likely N-dealkylation sites (N-methyl/N-ethyl adjacent to an activating group) is 1. The average Bonchev–Trinajstić information content (AvgIpc) is 2.34. The van der Waals surface area contributed by atoms with Crippen molar-refractivity contribution in [2.45, 2.75) is 52.2 Å². The number of aliphatic hydroxyl groups is 1. The topological polar surface area (TPSA) is 45.6 Å². The fourth-order valence-corrected chi connectivity index (χ4v) is 1.49. The molecule has 20 heavy (non-hydrogen) atoms. The van der Waals surface area contributed by atoms with Crippen molar-refractivity contribution in [2.75, 3.05) is 20.7 Å². The van der Waals surface area contributed by atoms with Crippen molar-refractivity contribution in [2.24, 2.45) is 0 Å². The van der Waals surface area contributed by atoms with Crippen LogP contribution in [-0.4, -0.2) is 41.2 Å². The molecular formula is C16H28N2O2. The Morgan fingerprint density at radius 2 is 1.75 bits per heavy atom. The van der Waals surface area contributed by atoms with Gasteiger partial charge < -0.3 is 14.7 Å². The Bertz CT molecular complexity index is 448. The van der Waals surface area contributed by atoms with E-state index >= 15 is 0 Å². The van der Waals surface area contributed by atoms with Crippen LogP contribution in [0.15, 0.2) is 12.1 Å². The van der Waals surface area contributed by atoms with E-state index in [-0.39, 0.29) is 17.6 Å². The standard InChI is InChI=1S/C16H28N2O2/c1-15(2,3)13-8-12(10-19)9-14(17-13)20-11-16(4,5)18(6)7/h8-9,19H,10-11H2,1-7H3. The second-order valence-corrected chi connectivity index (χ2v) is 7.10. The number of rotatable bonds is 5. The van der Waals surface area contributed by atoms with E-state index in [9.17, 15) is 5.11 Å². The van der Waals surface area contributed by atoms with Crippen molar-refractivity contribution in [3.8, 4) is 5.88 Å². The van der Waals surface area contributed by atoms with Crippen LogP contribution in [0.25, 0.3) is 0 Å². The van der Waals surface area contributed by atoms with Crippen molar-refractivity contribution in [3.63, 3.8) is 0 Å². The lowest BCUT2D eigenvalue weighted by molar-refractivity contribution is 0.110. The van der Waals surface area contributed by atoms with Crippen molar-refractivity contribution in [1.29, 1.82) is 0 Å². The average molecular weight is 280 g/mol. The monoisotopic (exact) mass is 280 g/mol. The Morgan fingerprint density at radius 3 is 2.20 bits per heavy atom. The van der Waals surface area contributed by atoms with Gasteiger partial charge in [0, 0.05) is 17.0 Å². The van der Waals surface area contributed by atoms with E-state index in [1.807, 2.05) is 20.2 Å². The number of aromatic nitrogens is 1. The van der Waals surface area contributed by atoms with Crippen molar-refractivity contribution in [3.05, 3.63) is 23.4 Å². The summed E-state index contributed by atoms with van der Waals surface area (Å²) in [6.07, 6.45) is 0. The van der Waals surface area contributed by atoms with Crippen LogP contribution >= 0.6 is 0 Å². The number of hydrogen-bond donors (Lipinski definition) is 1. The molecule has 0 aromatic carbocycles. The first-order valence-electron chi connectivity index (χ1n) is 6.99. The summed E-state index contributed by atoms with van der Waals surface area (Å²) in [4.78, 5) is 6.68. The zero-order valence-electron chi connectivity index (χ0n) is 13.8. The van der Waals surface area contributed by atoms with Crippen LogP contribution in [0.3, 0.4) is 0 Å². The highest BCUT2D eigenvalue weighted by Crippen LogP contribution is 2.25. The van der Waals surface area contributed by atoms with Crippen molar-refractivity contribution in [1.82, 2.24) is 9.88 Å². The van der Waals surface area contributed by atoms with Gasteiger partial charge in [-0.1, -0.05) is 20.8 Å². The normalized spacial score (nSPS) is 12.8. The molecule has 1 heterocycles. The Morgan fingerprint density at radius 1 is 1.15 bits per heavy atom. The molecule has 0 fully saturated rings. The molecule has 4 nitrogen and oxygen atoms in total. The minimum Gasteiger partial charge on any atom is -0.476 e. The molecule has 1 N–H and O–H groups in total. The highest BCUT2D eigenvalue weighted by molar-refractivity contribution is 5.28. The molecule has 1 aromatic heterocycles. The van der Waals surface area contributed by atoms with Crippen LogP contribution in [-0.2, 0) is 12.0 Å². The van der Waals surface area contributed by atoms with E-state index in [2.05, 4.69) is 44.5 Å². The van der Waals surface area contributed by atoms with Gasteiger partial charge in [-0.15, -0.1) is 0 Å². The zero-order valence-corrected chi connectivity index (χ0v) is 13.8. The molecule has 0 radical (unpaired) electrons. The molecule has 0 amide bonds. The predicted octanol–water partition coefficient (Wildman–Crippen LogP) is 2.59. The quantitative estimate of drug-likeness (QED) is 0.900. The minimum atomic E-state index is -0.0706. The van der Waals surface area contributed by atoms with E-state index in [4.69, 9.17) is 4.74 Å². The van der Waals surface area contributed by atoms with E-state index < -0.39 is 0 Å². The van der Waals surface area contributed by atoms with Gasteiger partial charge in [0.25, 0.3) is 0 Å². The molecule has 0 aliphatic rings. The third-order valence-corrected chi connectivity index (χ3v) is 3.60. The molecular weight excluding hydrogens is 252 g/mol. The van der Waals surface area contributed by atoms with E-state index in [0.717, 1.165) is 11.3 Å². The Hall–Kier alpha value is -1.13. The number of nitrogens with zero attached hydrogens (tertiary/aromatic N) is 2. The molecule has 0 spiro atoms. The number of ether oxygens (including phenoxy) is 1. The van der Waals surface area contributed by atoms with E-state index in [1.165, 1.54) is 0 Å². The van der Waals surface area contributed by atoms with Gasteiger partial charge in [-0.3, -0.25) is 0 Å². The van der Waals surface area contributed by atoms with Crippen LogP contribution in [0.2, 0.25) is 0 Å². The summed E-state index contributed by atoms with van der Waals surface area (Å²) in [5, 5.41) is 9.38. The summed E-state index contributed by atoms with van der Waals surface area (Å²) < 4.78 is 5.85. The molecule has 0 aliphatic heterocycles. The molecule has 1 rings (SSSR count). The second kappa shape index (κ2) is 6.10. The number of hydrogen-bond acceptors (Lipinski definition) is 4. The van der Waals surface area contributed by atoms with Crippen molar-refractivity contribution < 1.29 is 9.84 Å². The van der Waals surface area contributed by atoms with Crippen LogP contribution in [0.1, 0.15) is 45.9 Å². The lowest BCUT2D eigenvalue weighted by atomic mass is 9.91. The molecule has 0 saturated carbocycles. The Balaban J connectivity index is 2.96. The SMILES string of the molecule is CN(C)C(C)(C)COc1cc(CO)cc(C(C)(C)C)n1. The maximum atomic E-state index is 9.38. The van der Waals surface area contributed by atoms with Gasteiger partial charge >= 0.3 is 0 Å². The fraction of sp³-hybridized carbons (Fsp3) is 0.688. The zero-order chi connectivity index (χ0) is 15.6. The fourth-order valence-electron chi connectivity index (χ4n) is 1.49. The first-order valence-corrected chi connectivity index (χ1v) is 6.99. The molecule has 114 valence electrons. The number of aliphatic hydroxyl groups excluding tert-OH is 1. The summed E-state index contributed by atoms with van der Waals surface area (Å²) in [5.41, 5.74) is 1.63. The summed E-state index contributed by atoms with van der Waals surface area (Å²) in [7, 11) is 4.06. The van der Waals surface area contributed by atoms with Gasteiger partial charge in [-0.2, -0.15) is 0 Å². The first-order chi connectivity index (χ1) is 9.06. The third kappa shape index (κ3) is 4.46. The predicted molar refractivity (Wildman–Crippen MR) is 82.1 cm³/mol. The Kier molecular flexibility index (Phi) is 5.16. The first kappa shape index (κ1) is 16.9. The van der Waals surface area contributed by atoms with Gasteiger partial charge in [0.2, 0.25) is 5.88 Å². The molecule has 0 aliphatic carbocycles. The van der Waals surface area contributed by atoms with E-state index in [1.54, 1.807) is 6.07 Å². The molecule has 0 saturated heterocycles. The second-order valence-electron chi connectivity index (χ2n) is 7.10. The van der Waals surface area contributed by atoms with Gasteiger partial charge in [-0.05, 0) is 39.6 Å². The van der Waals surface area contributed by atoms with Gasteiger partial charge in [0.05, 0.1) is 12.3 Å². The minimum absolute atomic E-state index is 0.000959. The molecule has 0 unspecified atom stereocenters. The smallest absolute Gasteiger partial charge is 0.213 e. The molecule has 1 aromatic rings. The van der Waals surface area contributed by atoms with Crippen LogP contribution in [0.5, 0.6) is 5.88 Å². The van der Waals surface area contributed by atoms with Gasteiger partial charge in [0.15, 0.2) is 0 Å². The summed E-state index contributed by atoms with van der Waals surface area (Å²) in [6.45, 7) is 11.1. The van der Waals surface area contributed by atoms with Crippen molar-refractivity contribution >= 4 is 0 Å². The summed E-state index contributed by atoms with van der Waals surface area (Å²) in [6, 6.07) is 3.74. The third-order valence-electron chi connectivity index (χ3n) is 3.60. The summed E-state index contributed by atoms with van der Waals surface area (Å²) >= 11 is 0. The van der Waals surface area contributed by atoms with Crippen LogP contribution < -0.4 is 4.74 Å².